The number of benzene rings is 2. The molecule has 0 aliphatic carbocycles. The summed E-state index contributed by atoms with van der Waals surface area (Å²) in [4.78, 5) is 0.278. The van der Waals surface area contributed by atoms with Gasteiger partial charge in [0.1, 0.15) is 0 Å². The van der Waals surface area contributed by atoms with Gasteiger partial charge in [-0.25, -0.2) is 8.42 Å². The molecule has 0 aliphatic heterocycles. The summed E-state index contributed by atoms with van der Waals surface area (Å²) in [7, 11) is -1.72. The van der Waals surface area contributed by atoms with Crippen LogP contribution >= 0.6 is 0 Å². The summed E-state index contributed by atoms with van der Waals surface area (Å²) in [5, 5.41) is 2.99. The fourth-order valence-corrected chi connectivity index (χ4v) is 3.10. The highest BCUT2D eigenvalue weighted by Gasteiger charge is 2.13. The molecular formula is C16H20N2O2S. The Labute approximate surface area is 126 Å². The van der Waals surface area contributed by atoms with Crippen LogP contribution in [0.2, 0.25) is 0 Å². The Hall–Kier alpha value is -2.01. The van der Waals surface area contributed by atoms with E-state index in [-0.39, 0.29) is 4.90 Å². The number of rotatable bonds is 6. The maximum absolute atomic E-state index is 12.3. The summed E-state index contributed by atoms with van der Waals surface area (Å²) in [6, 6.07) is 14.1. The van der Waals surface area contributed by atoms with Crippen LogP contribution in [0.5, 0.6) is 0 Å². The highest BCUT2D eigenvalue weighted by atomic mass is 32.2. The van der Waals surface area contributed by atoms with Gasteiger partial charge in [-0.05, 0) is 48.4 Å². The molecule has 0 heterocycles. The lowest BCUT2D eigenvalue weighted by atomic mass is 10.1. The number of nitrogens with one attached hydrogen (secondary N) is 2. The van der Waals surface area contributed by atoms with E-state index in [1.54, 1.807) is 24.3 Å². The number of aryl methyl sites for hydroxylation is 1. The Kier molecular flexibility index (Phi) is 4.85. The average molecular weight is 304 g/mol. The zero-order valence-corrected chi connectivity index (χ0v) is 13.1. The molecule has 21 heavy (non-hydrogen) atoms. The maximum atomic E-state index is 12.3. The molecule has 0 aromatic heterocycles. The predicted octanol–water partition coefficient (Wildman–Crippen LogP) is 3.48. The minimum atomic E-state index is -3.54. The van der Waals surface area contributed by atoms with Crippen LogP contribution in [0.15, 0.2) is 53.4 Å². The summed E-state index contributed by atoms with van der Waals surface area (Å²) in [6.45, 7) is 2.10. The Morgan fingerprint density at radius 3 is 2.00 bits per heavy atom. The molecule has 2 N–H and O–H groups in total. The molecular weight excluding hydrogens is 284 g/mol. The molecule has 2 rings (SSSR count). The SMILES string of the molecule is CCCc1ccc(S(=O)(=O)Nc2ccc(NC)cc2)cc1. The van der Waals surface area contributed by atoms with Crippen LogP contribution in [0, 0.1) is 0 Å². The van der Waals surface area contributed by atoms with Crippen molar-refractivity contribution in [2.45, 2.75) is 24.7 Å². The number of sulfonamides is 1. The molecule has 0 amide bonds. The van der Waals surface area contributed by atoms with Crippen molar-refractivity contribution in [1.82, 2.24) is 0 Å². The molecule has 0 unspecified atom stereocenters. The second-order valence-corrected chi connectivity index (χ2v) is 6.51. The summed E-state index contributed by atoms with van der Waals surface area (Å²) in [5.74, 6) is 0. The molecule has 4 nitrogen and oxygen atoms in total. The first-order chi connectivity index (χ1) is 10.0. The predicted molar refractivity (Wildman–Crippen MR) is 87.2 cm³/mol. The van der Waals surface area contributed by atoms with E-state index >= 15 is 0 Å². The lowest BCUT2D eigenvalue weighted by molar-refractivity contribution is 0.601. The molecule has 0 aliphatic rings. The number of hydrogen-bond donors (Lipinski definition) is 2. The van der Waals surface area contributed by atoms with E-state index in [1.165, 1.54) is 0 Å². The largest absolute Gasteiger partial charge is 0.388 e. The molecule has 2 aromatic carbocycles. The van der Waals surface area contributed by atoms with Crippen LogP contribution in [0.25, 0.3) is 0 Å². The van der Waals surface area contributed by atoms with Gasteiger partial charge in [-0.2, -0.15) is 0 Å². The van der Waals surface area contributed by atoms with Gasteiger partial charge in [0.25, 0.3) is 10.0 Å². The van der Waals surface area contributed by atoms with Crippen molar-refractivity contribution < 1.29 is 8.42 Å². The molecule has 0 saturated heterocycles. The van der Waals surface area contributed by atoms with E-state index in [0.717, 1.165) is 24.1 Å². The second-order valence-electron chi connectivity index (χ2n) is 4.83. The van der Waals surface area contributed by atoms with Crippen LogP contribution in [0.4, 0.5) is 11.4 Å². The van der Waals surface area contributed by atoms with E-state index in [9.17, 15) is 8.42 Å². The van der Waals surface area contributed by atoms with Gasteiger partial charge < -0.3 is 5.32 Å². The summed E-state index contributed by atoms with van der Waals surface area (Å²) in [5.41, 5.74) is 2.63. The fourth-order valence-electron chi connectivity index (χ4n) is 2.04. The highest BCUT2D eigenvalue weighted by Crippen LogP contribution is 2.18. The van der Waals surface area contributed by atoms with Crippen molar-refractivity contribution >= 4 is 21.4 Å². The average Bonchev–Trinajstić information content (AvgIpc) is 2.48. The van der Waals surface area contributed by atoms with Gasteiger partial charge in [0.15, 0.2) is 0 Å². The lowest BCUT2D eigenvalue weighted by Gasteiger charge is -2.09. The molecule has 0 radical (unpaired) electrons. The first-order valence-electron chi connectivity index (χ1n) is 6.94. The first-order valence-corrected chi connectivity index (χ1v) is 8.43. The lowest BCUT2D eigenvalue weighted by Crippen LogP contribution is -2.12. The van der Waals surface area contributed by atoms with Crippen LogP contribution < -0.4 is 10.0 Å². The Morgan fingerprint density at radius 2 is 1.48 bits per heavy atom. The highest BCUT2D eigenvalue weighted by molar-refractivity contribution is 7.92. The van der Waals surface area contributed by atoms with Crippen molar-refractivity contribution in [2.75, 3.05) is 17.1 Å². The minimum Gasteiger partial charge on any atom is -0.388 e. The fraction of sp³-hybridized carbons (Fsp3) is 0.250. The molecule has 0 saturated carbocycles. The van der Waals surface area contributed by atoms with Crippen LogP contribution in [0.1, 0.15) is 18.9 Å². The van der Waals surface area contributed by atoms with Crippen LogP contribution in [-0.4, -0.2) is 15.5 Å². The van der Waals surface area contributed by atoms with Crippen LogP contribution in [0.3, 0.4) is 0 Å². The minimum absolute atomic E-state index is 0.278. The van der Waals surface area contributed by atoms with Gasteiger partial charge in [0.2, 0.25) is 0 Å². The smallest absolute Gasteiger partial charge is 0.261 e. The molecule has 5 heteroatoms. The van der Waals surface area contributed by atoms with Gasteiger partial charge >= 0.3 is 0 Å². The Bertz CT molecular complexity index is 677. The quantitative estimate of drug-likeness (QED) is 0.859. The van der Waals surface area contributed by atoms with E-state index in [1.807, 2.05) is 31.3 Å². The van der Waals surface area contributed by atoms with Gasteiger partial charge in [-0.1, -0.05) is 25.5 Å². The van der Waals surface area contributed by atoms with E-state index in [2.05, 4.69) is 17.0 Å². The first kappa shape index (κ1) is 15.4. The van der Waals surface area contributed by atoms with Crippen molar-refractivity contribution in [3.8, 4) is 0 Å². The zero-order chi connectivity index (χ0) is 15.3. The molecule has 0 spiro atoms. The maximum Gasteiger partial charge on any atom is 0.261 e. The topological polar surface area (TPSA) is 58.2 Å². The van der Waals surface area contributed by atoms with Crippen molar-refractivity contribution in [3.63, 3.8) is 0 Å². The standard InChI is InChI=1S/C16H20N2O2S/c1-3-4-13-5-11-16(12-6-13)21(19,20)18-15-9-7-14(17-2)8-10-15/h5-12,17-18H,3-4H2,1-2H3. The Morgan fingerprint density at radius 1 is 0.905 bits per heavy atom. The molecule has 0 atom stereocenters. The van der Waals surface area contributed by atoms with Crippen molar-refractivity contribution in [2.24, 2.45) is 0 Å². The third-order valence-electron chi connectivity index (χ3n) is 3.20. The van der Waals surface area contributed by atoms with Crippen LogP contribution in [-0.2, 0) is 16.4 Å². The monoisotopic (exact) mass is 304 g/mol. The zero-order valence-electron chi connectivity index (χ0n) is 12.3. The molecule has 112 valence electrons. The van der Waals surface area contributed by atoms with Gasteiger partial charge in [-0.15, -0.1) is 0 Å². The summed E-state index contributed by atoms with van der Waals surface area (Å²) >= 11 is 0. The molecule has 0 fully saturated rings. The van der Waals surface area contributed by atoms with Crippen molar-refractivity contribution in [3.05, 3.63) is 54.1 Å². The number of hydrogen-bond acceptors (Lipinski definition) is 3. The number of anilines is 2. The second kappa shape index (κ2) is 6.63. The van der Waals surface area contributed by atoms with Gasteiger partial charge in [-0.3, -0.25) is 4.72 Å². The van der Waals surface area contributed by atoms with Gasteiger partial charge in [0, 0.05) is 18.4 Å². The van der Waals surface area contributed by atoms with E-state index in [4.69, 9.17) is 0 Å². The summed E-state index contributed by atoms with van der Waals surface area (Å²) < 4.78 is 27.2. The molecule has 0 bridgehead atoms. The third kappa shape index (κ3) is 3.98. The van der Waals surface area contributed by atoms with Crippen molar-refractivity contribution in [1.29, 1.82) is 0 Å². The van der Waals surface area contributed by atoms with Gasteiger partial charge in [0.05, 0.1) is 4.90 Å². The molecule has 2 aromatic rings. The third-order valence-corrected chi connectivity index (χ3v) is 4.60. The van der Waals surface area contributed by atoms with E-state index < -0.39 is 10.0 Å². The van der Waals surface area contributed by atoms with E-state index in [0.29, 0.717) is 5.69 Å². The Balaban J connectivity index is 2.16. The summed E-state index contributed by atoms with van der Waals surface area (Å²) in [6.07, 6.45) is 2.00. The normalized spacial score (nSPS) is 11.1.